The highest BCUT2D eigenvalue weighted by Gasteiger charge is 2.04. The lowest BCUT2D eigenvalue weighted by Crippen LogP contribution is -2.38. The number of carbonyl (C=O) groups is 1. The average Bonchev–Trinajstić information content (AvgIpc) is 2.64. The van der Waals surface area contributed by atoms with Crippen molar-refractivity contribution in [2.45, 2.75) is 19.9 Å². The lowest BCUT2D eigenvalue weighted by molar-refractivity contribution is 0.0698. The zero-order valence-electron chi connectivity index (χ0n) is 15.4. The van der Waals surface area contributed by atoms with E-state index in [9.17, 15) is 4.79 Å². The van der Waals surface area contributed by atoms with Crippen LogP contribution in [0.4, 0.5) is 0 Å². The maximum atomic E-state index is 11.7. The van der Waals surface area contributed by atoms with Crippen LogP contribution in [-0.4, -0.2) is 58.9 Å². The average molecular weight is 350 g/mol. The predicted molar refractivity (Wildman–Crippen MR) is 100.0 cm³/mol. The van der Waals surface area contributed by atoms with E-state index in [0.29, 0.717) is 31.9 Å². The van der Waals surface area contributed by atoms with Crippen LogP contribution >= 0.6 is 0 Å². The summed E-state index contributed by atoms with van der Waals surface area (Å²) in [5.41, 5.74) is 1.63. The van der Waals surface area contributed by atoms with Crippen molar-refractivity contribution < 1.29 is 14.3 Å². The Hall–Kier alpha value is -2.12. The van der Waals surface area contributed by atoms with Crippen LogP contribution in [-0.2, 0) is 16.0 Å². The molecule has 0 fully saturated rings. The fourth-order valence-electron chi connectivity index (χ4n) is 2.09. The zero-order valence-corrected chi connectivity index (χ0v) is 15.4. The van der Waals surface area contributed by atoms with Crippen LogP contribution < -0.4 is 16.0 Å². The van der Waals surface area contributed by atoms with E-state index in [1.807, 2.05) is 25.1 Å². The third-order valence-electron chi connectivity index (χ3n) is 3.37. The number of rotatable bonds is 11. The van der Waals surface area contributed by atoms with Gasteiger partial charge in [0, 0.05) is 39.4 Å². The number of benzene rings is 1. The minimum atomic E-state index is -0.0932. The molecule has 0 aromatic heterocycles. The Morgan fingerprint density at radius 1 is 1.20 bits per heavy atom. The molecule has 7 nitrogen and oxygen atoms in total. The van der Waals surface area contributed by atoms with Crippen LogP contribution in [0.2, 0.25) is 0 Å². The van der Waals surface area contributed by atoms with Crippen molar-refractivity contribution in [3.63, 3.8) is 0 Å². The van der Waals surface area contributed by atoms with E-state index in [4.69, 9.17) is 9.47 Å². The number of guanidine groups is 1. The largest absolute Gasteiger partial charge is 0.382 e. The first-order chi connectivity index (χ1) is 12.2. The number of ether oxygens (including phenoxy) is 2. The number of nitrogens with one attached hydrogen (secondary N) is 3. The topological polar surface area (TPSA) is 84.0 Å². The number of methoxy groups -OCH3 is 1. The van der Waals surface area contributed by atoms with E-state index in [1.165, 1.54) is 0 Å². The van der Waals surface area contributed by atoms with Gasteiger partial charge in [0.1, 0.15) is 0 Å². The minimum absolute atomic E-state index is 0.0932. The van der Waals surface area contributed by atoms with Crippen LogP contribution in [0.15, 0.2) is 29.3 Å². The van der Waals surface area contributed by atoms with E-state index in [-0.39, 0.29) is 5.91 Å². The van der Waals surface area contributed by atoms with Crippen molar-refractivity contribution in [1.82, 2.24) is 16.0 Å². The number of hydrogen-bond acceptors (Lipinski definition) is 4. The van der Waals surface area contributed by atoms with Gasteiger partial charge in [-0.2, -0.15) is 0 Å². The van der Waals surface area contributed by atoms with Crippen LogP contribution in [0.1, 0.15) is 29.3 Å². The van der Waals surface area contributed by atoms with Gasteiger partial charge in [0.25, 0.3) is 5.91 Å². The van der Waals surface area contributed by atoms with E-state index in [2.05, 4.69) is 20.9 Å². The Kier molecular flexibility index (Phi) is 11.0. The summed E-state index contributed by atoms with van der Waals surface area (Å²) in [4.78, 5) is 16.2. The van der Waals surface area contributed by atoms with Gasteiger partial charge in [-0.15, -0.1) is 0 Å². The summed E-state index contributed by atoms with van der Waals surface area (Å²) in [6, 6.07) is 7.48. The summed E-state index contributed by atoms with van der Waals surface area (Å²) < 4.78 is 10.4. The van der Waals surface area contributed by atoms with E-state index >= 15 is 0 Å². The summed E-state index contributed by atoms with van der Waals surface area (Å²) in [5, 5.41) is 9.12. The first-order valence-corrected chi connectivity index (χ1v) is 8.61. The first-order valence-electron chi connectivity index (χ1n) is 8.61. The molecule has 1 rings (SSSR count). The molecule has 1 aromatic rings. The summed E-state index contributed by atoms with van der Waals surface area (Å²) in [6.07, 6.45) is 0.889. The molecule has 7 heteroatoms. The maximum absolute atomic E-state index is 11.7. The summed E-state index contributed by atoms with van der Waals surface area (Å²) in [6.45, 7) is 6.01. The van der Waals surface area contributed by atoms with Crippen molar-refractivity contribution in [2.75, 3.05) is 47.1 Å². The smallest absolute Gasteiger partial charge is 0.251 e. The van der Waals surface area contributed by atoms with Gasteiger partial charge in [0.05, 0.1) is 19.8 Å². The Bertz CT molecular complexity index is 535. The molecule has 0 aliphatic heterocycles. The fourth-order valence-corrected chi connectivity index (χ4v) is 2.09. The Balaban J connectivity index is 2.45. The fraction of sp³-hybridized carbons (Fsp3) is 0.556. The van der Waals surface area contributed by atoms with Gasteiger partial charge in [-0.1, -0.05) is 12.1 Å². The quantitative estimate of drug-likeness (QED) is 0.317. The molecule has 1 aromatic carbocycles. The number of carbonyl (C=O) groups excluding carboxylic acids is 1. The number of amides is 1. The minimum Gasteiger partial charge on any atom is -0.382 e. The van der Waals surface area contributed by atoms with E-state index in [0.717, 1.165) is 31.0 Å². The molecule has 0 bridgehead atoms. The first kappa shape index (κ1) is 20.9. The summed E-state index contributed by atoms with van der Waals surface area (Å²) in [7, 11) is 3.29. The second-order valence-electron chi connectivity index (χ2n) is 5.36. The lowest BCUT2D eigenvalue weighted by Gasteiger charge is -2.11. The molecule has 25 heavy (non-hydrogen) atoms. The third-order valence-corrected chi connectivity index (χ3v) is 3.37. The molecule has 0 aliphatic rings. The summed E-state index contributed by atoms with van der Waals surface area (Å²) >= 11 is 0. The highest BCUT2D eigenvalue weighted by atomic mass is 16.5. The molecule has 140 valence electrons. The van der Waals surface area contributed by atoms with Crippen LogP contribution in [0.3, 0.4) is 0 Å². The summed E-state index contributed by atoms with van der Waals surface area (Å²) in [5.74, 6) is 0.661. The van der Waals surface area contributed by atoms with Crippen molar-refractivity contribution in [2.24, 2.45) is 4.99 Å². The molecule has 0 unspecified atom stereocenters. The lowest BCUT2D eigenvalue weighted by atomic mass is 10.1. The Morgan fingerprint density at radius 2 is 2.04 bits per heavy atom. The second kappa shape index (κ2) is 13.2. The molecule has 0 saturated heterocycles. The molecule has 0 atom stereocenters. The Morgan fingerprint density at radius 3 is 2.76 bits per heavy atom. The third kappa shape index (κ3) is 9.07. The zero-order chi connectivity index (χ0) is 18.3. The molecule has 1 amide bonds. The molecule has 0 saturated carbocycles. The van der Waals surface area contributed by atoms with Gasteiger partial charge in [-0.25, -0.2) is 4.99 Å². The van der Waals surface area contributed by atoms with Crippen molar-refractivity contribution >= 4 is 11.9 Å². The highest BCUT2D eigenvalue weighted by Crippen LogP contribution is 2.06. The van der Waals surface area contributed by atoms with E-state index in [1.54, 1.807) is 20.2 Å². The van der Waals surface area contributed by atoms with Crippen LogP contribution in [0, 0.1) is 0 Å². The molecular formula is C18H30N4O3. The highest BCUT2D eigenvalue weighted by molar-refractivity contribution is 5.94. The monoisotopic (exact) mass is 350 g/mol. The molecule has 0 radical (unpaired) electrons. The maximum Gasteiger partial charge on any atom is 0.251 e. The van der Waals surface area contributed by atoms with Gasteiger partial charge in [0.2, 0.25) is 0 Å². The number of hydrogen-bond donors (Lipinski definition) is 3. The van der Waals surface area contributed by atoms with Gasteiger partial charge < -0.3 is 25.4 Å². The molecule has 3 N–H and O–H groups in total. The molecular weight excluding hydrogens is 320 g/mol. The normalized spacial score (nSPS) is 11.2. The number of nitrogens with zero attached hydrogens (tertiary/aromatic N) is 1. The molecule has 0 heterocycles. The van der Waals surface area contributed by atoms with Gasteiger partial charge >= 0.3 is 0 Å². The second-order valence-corrected chi connectivity index (χ2v) is 5.36. The standard InChI is InChI=1S/C18H30N4O3/c1-4-20-18(21-9-6-10-25-12-11-24-3)22-14-15-7-5-8-16(13-15)17(23)19-2/h5,7-8,13H,4,6,9-12,14H2,1-3H3,(H,19,23)(H2,20,21,22). The van der Waals surface area contributed by atoms with Crippen molar-refractivity contribution in [1.29, 1.82) is 0 Å². The molecule has 0 aliphatic carbocycles. The van der Waals surface area contributed by atoms with Crippen LogP contribution in [0.5, 0.6) is 0 Å². The van der Waals surface area contributed by atoms with E-state index < -0.39 is 0 Å². The van der Waals surface area contributed by atoms with Crippen LogP contribution in [0.25, 0.3) is 0 Å². The SMILES string of the molecule is CCNC(=NCc1cccc(C(=O)NC)c1)NCCCOCCOC. The molecule has 0 spiro atoms. The van der Waals surface area contributed by atoms with Gasteiger partial charge in [-0.3, -0.25) is 4.79 Å². The Labute approximate surface area is 150 Å². The van der Waals surface area contributed by atoms with Gasteiger partial charge in [-0.05, 0) is 31.0 Å². The van der Waals surface area contributed by atoms with Gasteiger partial charge in [0.15, 0.2) is 5.96 Å². The predicted octanol–water partition coefficient (Wildman–Crippen LogP) is 1.15. The van der Waals surface area contributed by atoms with Crippen molar-refractivity contribution in [3.05, 3.63) is 35.4 Å². The van der Waals surface area contributed by atoms with Crippen molar-refractivity contribution in [3.8, 4) is 0 Å². The number of aliphatic imine (C=N–C) groups is 1.